The molecule has 0 bridgehead atoms. The number of rotatable bonds is 2. The van der Waals surface area contributed by atoms with Crippen LogP contribution in [0.5, 0.6) is 0 Å². The summed E-state index contributed by atoms with van der Waals surface area (Å²) in [7, 11) is 0. The van der Waals surface area contributed by atoms with E-state index in [9.17, 15) is 0 Å². The highest BCUT2D eigenvalue weighted by molar-refractivity contribution is 4.89. The second-order valence-corrected chi connectivity index (χ2v) is 5.38. The van der Waals surface area contributed by atoms with E-state index < -0.39 is 0 Å². The van der Waals surface area contributed by atoms with Gasteiger partial charge in [-0.1, -0.05) is 6.92 Å². The zero-order chi connectivity index (χ0) is 10.8. The summed E-state index contributed by atoms with van der Waals surface area (Å²) in [6.45, 7) is 13.9. The van der Waals surface area contributed by atoms with Crippen molar-refractivity contribution < 1.29 is 0 Å². The van der Waals surface area contributed by atoms with Gasteiger partial charge in [0.1, 0.15) is 0 Å². The molecule has 0 aromatic heterocycles. The number of nitrogens with zero attached hydrogens (tertiary/aromatic N) is 1. The van der Waals surface area contributed by atoms with Gasteiger partial charge in [-0.2, -0.15) is 0 Å². The minimum atomic E-state index is 0.272. The van der Waals surface area contributed by atoms with Crippen molar-refractivity contribution in [1.82, 2.24) is 10.2 Å². The molecule has 0 aromatic rings. The fourth-order valence-electron chi connectivity index (χ4n) is 2.28. The molecule has 0 radical (unpaired) electrons. The van der Waals surface area contributed by atoms with Gasteiger partial charge in [-0.25, -0.2) is 0 Å². The first-order valence-corrected chi connectivity index (χ1v) is 5.97. The van der Waals surface area contributed by atoms with Crippen LogP contribution in [0.25, 0.3) is 0 Å². The van der Waals surface area contributed by atoms with Gasteiger partial charge in [-0.05, 0) is 47.1 Å². The molecule has 14 heavy (non-hydrogen) atoms. The molecular weight excluding hydrogens is 172 g/mol. The van der Waals surface area contributed by atoms with Crippen molar-refractivity contribution in [1.29, 1.82) is 0 Å². The predicted octanol–water partition coefficient (Wildman–Crippen LogP) is 2.25. The standard InChI is InChI=1S/C12H26N2/c1-6-10(2)14-9-12(4,5)13-8-7-11(14)3/h10-11,13H,6-9H2,1-5H3. The van der Waals surface area contributed by atoms with Crippen molar-refractivity contribution in [2.75, 3.05) is 13.1 Å². The Balaban J connectivity index is 2.68. The van der Waals surface area contributed by atoms with Crippen LogP contribution in [-0.4, -0.2) is 35.6 Å². The predicted molar refractivity (Wildman–Crippen MR) is 62.6 cm³/mol. The summed E-state index contributed by atoms with van der Waals surface area (Å²) in [5.41, 5.74) is 0.272. The van der Waals surface area contributed by atoms with Crippen LogP contribution in [0.4, 0.5) is 0 Å². The van der Waals surface area contributed by atoms with E-state index in [-0.39, 0.29) is 5.54 Å². The van der Waals surface area contributed by atoms with Crippen LogP contribution in [0.2, 0.25) is 0 Å². The first-order valence-electron chi connectivity index (χ1n) is 5.97. The van der Waals surface area contributed by atoms with Crippen molar-refractivity contribution in [3.63, 3.8) is 0 Å². The van der Waals surface area contributed by atoms with E-state index >= 15 is 0 Å². The molecule has 2 atom stereocenters. The summed E-state index contributed by atoms with van der Waals surface area (Å²) in [4.78, 5) is 2.65. The quantitative estimate of drug-likeness (QED) is 0.732. The van der Waals surface area contributed by atoms with Crippen LogP contribution >= 0.6 is 0 Å². The maximum Gasteiger partial charge on any atom is 0.0252 e. The Labute approximate surface area is 89.1 Å². The summed E-state index contributed by atoms with van der Waals surface area (Å²) in [5, 5.41) is 3.62. The first kappa shape index (κ1) is 12.0. The molecule has 1 rings (SSSR count). The highest BCUT2D eigenvalue weighted by atomic mass is 15.2. The van der Waals surface area contributed by atoms with Gasteiger partial charge in [0.15, 0.2) is 0 Å². The van der Waals surface area contributed by atoms with Crippen LogP contribution in [-0.2, 0) is 0 Å². The maximum absolute atomic E-state index is 3.62. The summed E-state index contributed by atoms with van der Waals surface area (Å²) in [6.07, 6.45) is 2.52. The van der Waals surface area contributed by atoms with Gasteiger partial charge < -0.3 is 5.32 Å². The molecule has 1 aliphatic heterocycles. The molecule has 2 heteroatoms. The van der Waals surface area contributed by atoms with E-state index in [1.807, 2.05) is 0 Å². The number of nitrogens with one attached hydrogen (secondary N) is 1. The molecule has 0 aliphatic carbocycles. The average Bonchev–Trinajstić information content (AvgIpc) is 2.24. The van der Waals surface area contributed by atoms with Crippen molar-refractivity contribution in [3.05, 3.63) is 0 Å². The lowest BCUT2D eigenvalue weighted by Gasteiger charge is -2.37. The number of hydrogen-bond donors (Lipinski definition) is 1. The molecule has 0 saturated carbocycles. The van der Waals surface area contributed by atoms with Crippen molar-refractivity contribution >= 4 is 0 Å². The molecule has 0 aromatic carbocycles. The van der Waals surface area contributed by atoms with Crippen molar-refractivity contribution in [3.8, 4) is 0 Å². The normalized spacial score (nSPS) is 31.1. The van der Waals surface area contributed by atoms with Crippen LogP contribution in [0, 0.1) is 0 Å². The smallest absolute Gasteiger partial charge is 0.0252 e. The Morgan fingerprint density at radius 1 is 1.50 bits per heavy atom. The van der Waals surface area contributed by atoms with Crippen molar-refractivity contribution in [2.24, 2.45) is 0 Å². The highest BCUT2D eigenvalue weighted by Crippen LogP contribution is 2.19. The van der Waals surface area contributed by atoms with E-state index in [2.05, 4.69) is 44.8 Å². The molecule has 1 aliphatic rings. The van der Waals surface area contributed by atoms with Crippen LogP contribution in [0.1, 0.15) is 47.5 Å². The average molecular weight is 198 g/mol. The molecular formula is C12H26N2. The molecule has 0 amide bonds. The van der Waals surface area contributed by atoms with Gasteiger partial charge in [0.2, 0.25) is 0 Å². The monoisotopic (exact) mass is 198 g/mol. The Bertz CT molecular complexity index is 177. The van der Waals surface area contributed by atoms with Gasteiger partial charge in [-0.15, -0.1) is 0 Å². The third-order valence-electron chi connectivity index (χ3n) is 3.47. The van der Waals surface area contributed by atoms with E-state index in [0.717, 1.165) is 12.6 Å². The summed E-state index contributed by atoms with van der Waals surface area (Å²) in [6, 6.07) is 1.43. The lowest BCUT2D eigenvalue weighted by Crippen LogP contribution is -2.50. The molecule has 1 N–H and O–H groups in total. The fraction of sp³-hybridized carbons (Fsp3) is 1.00. The minimum Gasteiger partial charge on any atom is -0.310 e. The second kappa shape index (κ2) is 4.63. The van der Waals surface area contributed by atoms with E-state index in [4.69, 9.17) is 0 Å². The van der Waals surface area contributed by atoms with Crippen LogP contribution < -0.4 is 5.32 Å². The van der Waals surface area contributed by atoms with E-state index in [1.165, 1.54) is 19.4 Å². The van der Waals surface area contributed by atoms with Crippen LogP contribution in [0.15, 0.2) is 0 Å². The van der Waals surface area contributed by atoms with Crippen molar-refractivity contribution in [2.45, 2.75) is 65.1 Å². The lowest BCUT2D eigenvalue weighted by molar-refractivity contribution is 0.129. The third kappa shape index (κ3) is 2.96. The van der Waals surface area contributed by atoms with Gasteiger partial charge >= 0.3 is 0 Å². The fourth-order valence-corrected chi connectivity index (χ4v) is 2.28. The molecule has 1 saturated heterocycles. The summed E-state index contributed by atoms with van der Waals surface area (Å²) in [5.74, 6) is 0. The SMILES string of the molecule is CCC(C)N1CC(C)(C)NCCC1C. The Hall–Kier alpha value is -0.0800. The summed E-state index contributed by atoms with van der Waals surface area (Å²) >= 11 is 0. The third-order valence-corrected chi connectivity index (χ3v) is 3.47. The maximum atomic E-state index is 3.62. The molecule has 1 fully saturated rings. The Morgan fingerprint density at radius 2 is 2.14 bits per heavy atom. The van der Waals surface area contributed by atoms with Gasteiger partial charge in [-0.3, -0.25) is 4.90 Å². The second-order valence-electron chi connectivity index (χ2n) is 5.38. The molecule has 0 spiro atoms. The topological polar surface area (TPSA) is 15.3 Å². The minimum absolute atomic E-state index is 0.272. The molecule has 2 unspecified atom stereocenters. The van der Waals surface area contributed by atoms with Crippen LogP contribution in [0.3, 0.4) is 0 Å². The molecule has 2 nitrogen and oxygen atoms in total. The highest BCUT2D eigenvalue weighted by Gasteiger charge is 2.29. The Morgan fingerprint density at radius 3 is 2.71 bits per heavy atom. The number of hydrogen-bond acceptors (Lipinski definition) is 2. The lowest BCUT2D eigenvalue weighted by atomic mass is 10.0. The molecule has 1 heterocycles. The largest absolute Gasteiger partial charge is 0.310 e. The van der Waals surface area contributed by atoms with Gasteiger partial charge in [0, 0.05) is 24.2 Å². The first-order chi connectivity index (χ1) is 6.46. The summed E-state index contributed by atoms with van der Waals surface area (Å²) < 4.78 is 0. The van der Waals surface area contributed by atoms with Gasteiger partial charge in [0.05, 0.1) is 0 Å². The zero-order valence-electron chi connectivity index (χ0n) is 10.4. The zero-order valence-corrected chi connectivity index (χ0v) is 10.4. The van der Waals surface area contributed by atoms with E-state index in [1.54, 1.807) is 0 Å². The Kier molecular flexibility index (Phi) is 3.96. The van der Waals surface area contributed by atoms with Gasteiger partial charge in [0.25, 0.3) is 0 Å². The van der Waals surface area contributed by atoms with E-state index in [0.29, 0.717) is 6.04 Å². The molecule has 84 valence electrons.